The Morgan fingerprint density at radius 3 is 1.92 bits per heavy atom. The number of unbranched alkanes of at least 4 members (excludes halogenated alkanes) is 1. The summed E-state index contributed by atoms with van der Waals surface area (Å²) in [5, 5.41) is 14.3. The van der Waals surface area contributed by atoms with Gasteiger partial charge in [0.1, 0.15) is 17.9 Å². The van der Waals surface area contributed by atoms with Crippen molar-refractivity contribution in [2.75, 3.05) is 70.0 Å². The number of amides is 3. The summed E-state index contributed by atoms with van der Waals surface area (Å²) in [5.74, 6) is 3.32. The van der Waals surface area contributed by atoms with E-state index in [-0.39, 0.29) is 49.5 Å². The number of nitrogens with zero attached hydrogens (tertiary/aromatic N) is 3. The Hall–Kier alpha value is -6.43. The maximum atomic E-state index is 13.5. The highest BCUT2D eigenvalue weighted by Crippen LogP contribution is 3.04. The number of hydrogen-bond acceptors (Lipinski definition) is 13. The van der Waals surface area contributed by atoms with Crippen molar-refractivity contribution in [1.82, 2.24) is 35.9 Å². The number of fused-ring (bicyclic) bond motifs is 2. The molecule has 0 bridgehead atoms. The van der Waals surface area contributed by atoms with Crippen LogP contribution >= 0.6 is 17.9 Å². The Labute approximate surface area is 441 Å². The Morgan fingerprint density at radius 2 is 1.29 bits per heavy atom. The van der Waals surface area contributed by atoms with Gasteiger partial charge in [0.2, 0.25) is 23.6 Å². The zero-order chi connectivity index (χ0) is 52.2. The van der Waals surface area contributed by atoms with Crippen LogP contribution < -0.4 is 47.1 Å². The van der Waals surface area contributed by atoms with Crippen LogP contribution in [0.4, 0.5) is 5.95 Å². The van der Waals surface area contributed by atoms with E-state index < -0.39 is 13.9 Å². The zero-order valence-electron chi connectivity index (χ0n) is 42.6. The number of ether oxygens (including phenoxy) is 5. The largest absolute Gasteiger partial charge is 0.471 e. The van der Waals surface area contributed by atoms with Crippen LogP contribution in [0.1, 0.15) is 79.8 Å². The Balaban J connectivity index is 0.00000138. The smallest absolute Gasteiger partial charge is 0.311 e. The van der Waals surface area contributed by atoms with Crippen LogP contribution in [0, 0.1) is 0 Å². The minimum Gasteiger partial charge on any atom is -0.471 e. The number of rotatable bonds is 31. The maximum absolute atomic E-state index is 13.5. The highest BCUT2D eigenvalue weighted by molar-refractivity contribution is 8.53. The first-order valence-electron chi connectivity index (χ1n) is 25.9. The summed E-state index contributed by atoms with van der Waals surface area (Å²) in [6, 6.07) is 32.7. The van der Waals surface area contributed by atoms with E-state index >= 15 is 0 Å². The van der Waals surface area contributed by atoms with Crippen molar-refractivity contribution in [2.45, 2.75) is 81.9 Å². The summed E-state index contributed by atoms with van der Waals surface area (Å²) in [6.07, 6.45) is 5.78. The molecule has 398 valence electrons. The number of carbonyl (C=O) groups excluding carboxylic acids is 4. The number of nitrogens with one attached hydrogen (secondary N) is 4. The van der Waals surface area contributed by atoms with Gasteiger partial charge in [0, 0.05) is 73.5 Å². The number of aromatic amines is 1. The average Bonchev–Trinajstić information content (AvgIpc) is 4.42. The number of aromatic nitrogens is 4. The summed E-state index contributed by atoms with van der Waals surface area (Å²) in [6.45, 7) is 6.42. The molecule has 3 amide bonds. The molecule has 1 spiro atoms. The van der Waals surface area contributed by atoms with Gasteiger partial charge in [0.15, 0.2) is 5.65 Å². The lowest BCUT2D eigenvalue weighted by molar-refractivity contribution is -0.134. The molecular weight excluding hydrogens is 992 g/mol. The van der Waals surface area contributed by atoms with Gasteiger partial charge >= 0.3 is 5.97 Å². The number of nitrogen functional groups attached to an aromatic ring is 1. The summed E-state index contributed by atoms with van der Waals surface area (Å²) < 4.78 is 28.8. The molecular formula is C56H69N8O9PS. The first-order valence-corrected chi connectivity index (χ1v) is 29.4. The quantitative estimate of drug-likeness (QED) is 0.0109. The topological polar surface area (TPSA) is 231 Å². The van der Waals surface area contributed by atoms with Gasteiger partial charge in [0.05, 0.1) is 32.8 Å². The lowest BCUT2D eigenvalue weighted by Gasteiger charge is -2.22. The number of esters is 1. The van der Waals surface area contributed by atoms with E-state index in [9.17, 15) is 19.2 Å². The molecule has 3 fully saturated rings. The van der Waals surface area contributed by atoms with Crippen molar-refractivity contribution in [2.24, 2.45) is 0 Å². The molecule has 2 atom stereocenters. The van der Waals surface area contributed by atoms with Crippen LogP contribution in [0.5, 0.6) is 11.6 Å². The lowest BCUT2D eigenvalue weighted by atomic mass is 10.1. The third-order valence-electron chi connectivity index (χ3n) is 13.0. The average molecular weight is 1060 g/mol. The van der Waals surface area contributed by atoms with E-state index in [4.69, 9.17) is 29.4 Å². The monoisotopic (exact) mass is 1060 g/mol. The number of imidazole rings is 1. The molecule has 5 heterocycles. The van der Waals surface area contributed by atoms with Crippen LogP contribution in [0.15, 0.2) is 109 Å². The first-order chi connectivity index (χ1) is 36.7. The number of nitrogens with two attached hydrogens (primary N) is 1. The fourth-order valence-electron chi connectivity index (χ4n) is 8.39. The molecule has 75 heavy (non-hydrogen) atoms. The summed E-state index contributed by atoms with van der Waals surface area (Å²) in [4.78, 5) is 66.7. The predicted octanol–water partition coefficient (Wildman–Crippen LogP) is 6.10. The van der Waals surface area contributed by atoms with Gasteiger partial charge in [-0.15, -0.1) is 0 Å². The second-order valence-corrected chi connectivity index (χ2v) is 24.6. The Kier molecular flexibility index (Phi) is 20.4. The minimum atomic E-state index is -1.24. The number of hydrogen-bond donors (Lipinski definition) is 5. The Morgan fingerprint density at radius 1 is 0.693 bits per heavy atom. The van der Waals surface area contributed by atoms with Crippen molar-refractivity contribution < 1.29 is 42.9 Å². The van der Waals surface area contributed by atoms with Crippen LogP contribution in [-0.2, 0) is 41.7 Å². The molecule has 4 aromatic carbocycles. The van der Waals surface area contributed by atoms with Crippen molar-refractivity contribution in [1.29, 1.82) is 0 Å². The third kappa shape index (κ3) is 16.5. The van der Waals surface area contributed by atoms with Crippen molar-refractivity contribution in [3.05, 3.63) is 126 Å². The zero-order valence-corrected chi connectivity index (χ0v) is 44.3. The van der Waals surface area contributed by atoms with Gasteiger partial charge in [0.25, 0.3) is 5.91 Å². The van der Waals surface area contributed by atoms with Crippen molar-refractivity contribution in [3.63, 3.8) is 0 Å². The number of benzene rings is 4. The SMILES string of the molecule is C1C2C3CS123.CCCCC(=O)NCCCOCCOCCOCCCNC(=O)c1ccc(OC(=O)CCCC(=O)NCc2ccc(COc3nc(N)nc4nc[nH]c34)cc2)c(P(c2ccccc2)c2ccccc2)c1. The van der Waals surface area contributed by atoms with E-state index in [0.29, 0.717) is 111 Å². The molecule has 2 aromatic heterocycles. The fourth-order valence-corrected chi connectivity index (χ4v) is 15.0. The van der Waals surface area contributed by atoms with E-state index in [1.54, 1.807) is 23.6 Å². The number of H-pyrrole nitrogens is 1. The van der Waals surface area contributed by atoms with Crippen LogP contribution in [0.25, 0.3) is 11.2 Å². The van der Waals surface area contributed by atoms with Crippen molar-refractivity contribution in [3.8, 4) is 11.6 Å². The number of anilines is 1. The maximum Gasteiger partial charge on any atom is 0.311 e. The van der Waals surface area contributed by atoms with Crippen molar-refractivity contribution >= 4 is 74.7 Å². The minimum absolute atomic E-state index is 0.0200. The fraction of sp³-hybridized carbons (Fsp3) is 0.411. The molecule has 3 aliphatic rings. The first kappa shape index (κ1) is 54.8. The molecule has 0 aliphatic carbocycles. The predicted molar refractivity (Wildman–Crippen MR) is 295 cm³/mol. The molecule has 3 aliphatic heterocycles. The Bertz CT molecular complexity index is 2750. The third-order valence-corrected chi connectivity index (χ3v) is 19.6. The summed E-state index contributed by atoms with van der Waals surface area (Å²) in [7, 11) is -0.825. The molecule has 0 radical (unpaired) electrons. The van der Waals surface area contributed by atoms with Crippen LogP contribution in [-0.4, -0.2) is 118 Å². The van der Waals surface area contributed by atoms with Gasteiger partial charge in [-0.05, 0) is 85.0 Å². The second-order valence-electron chi connectivity index (χ2n) is 18.6. The van der Waals surface area contributed by atoms with E-state index in [0.717, 1.165) is 46.3 Å². The molecule has 2 unspecified atom stereocenters. The number of carbonyl (C=O) groups is 4. The van der Waals surface area contributed by atoms with Gasteiger partial charge in [-0.25, -0.2) is 15.0 Å². The standard InChI is InChI=1S/C52H63N8O9P.C4H6S/c1-2-3-17-45(61)54-26-11-28-65-30-32-67-33-31-66-29-12-27-55-50(64)40-24-25-43(44(34-40)70(41-13-6-4-7-14-41)42-15-8-5-9-16-42)69-47(63)19-10-18-46(62)56-35-38-20-22-39(23-21-38)36-68-51-48-49(58-37-57-48)59-52(53)60-51;1-3-4-2-5(1,3)4/h4-9,13-16,20-25,34,37H,2-3,10-12,17-19,26-33,35-36H2,1H3,(H,54,61)(H,55,64)(H,56,62)(H3,53,57,58,59,60);3-4H,1-2H2. The highest BCUT2D eigenvalue weighted by Gasteiger charge is 2.87. The van der Waals surface area contributed by atoms with E-state index in [2.05, 4.69) is 42.8 Å². The molecule has 0 saturated carbocycles. The van der Waals surface area contributed by atoms with Gasteiger partial charge in [-0.1, -0.05) is 98.3 Å². The molecule has 6 N–H and O–H groups in total. The molecule has 6 aromatic rings. The summed E-state index contributed by atoms with van der Waals surface area (Å²) in [5.41, 5.74) is 8.99. The highest BCUT2D eigenvalue weighted by atomic mass is 32.3. The molecule has 19 heteroatoms. The van der Waals surface area contributed by atoms with E-state index in [1.807, 2.05) is 91.0 Å². The second kappa shape index (κ2) is 27.9. The van der Waals surface area contributed by atoms with Crippen LogP contribution in [0.2, 0.25) is 0 Å². The molecule has 9 rings (SSSR count). The molecule has 17 nitrogen and oxygen atoms in total. The molecule has 3 saturated heterocycles. The normalized spacial score (nSPS) is 17.3. The van der Waals surface area contributed by atoms with Gasteiger partial charge < -0.3 is 50.4 Å². The van der Waals surface area contributed by atoms with E-state index in [1.165, 1.54) is 16.8 Å². The van der Waals surface area contributed by atoms with Gasteiger partial charge in [-0.3, -0.25) is 19.2 Å². The summed E-state index contributed by atoms with van der Waals surface area (Å²) >= 11 is 0. The lowest BCUT2D eigenvalue weighted by Crippen LogP contribution is -2.28. The van der Waals surface area contributed by atoms with Gasteiger partial charge in [-0.2, -0.15) is 9.97 Å². The van der Waals surface area contributed by atoms with Crippen LogP contribution in [0.3, 0.4) is 0 Å².